The van der Waals surface area contributed by atoms with Crippen molar-refractivity contribution < 1.29 is 0 Å². The van der Waals surface area contributed by atoms with Crippen molar-refractivity contribution in [3.63, 3.8) is 0 Å². The van der Waals surface area contributed by atoms with Gasteiger partial charge in [0, 0.05) is 10.6 Å². The van der Waals surface area contributed by atoms with Crippen LogP contribution in [0, 0.1) is 0 Å². The number of fused-ring (bicyclic) bond motifs is 1. The summed E-state index contributed by atoms with van der Waals surface area (Å²) in [4.78, 5) is 11.0. The van der Waals surface area contributed by atoms with Gasteiger partial charge < -0.3 is 0 Å². The second-order valence-corrected chi connectivity index (χ2v) is 6.30. The smallest absolute Gasteiger partial charge is 0.218 e. The molecule has 3 aromatic heterocycles. The van der Waals surface area contributed by atoms with Gasteiger partial charge in [0.05, 0.1) is 11.1 Å². The molecule has 0 N–H and O–H groups in total. The summed E-state index contributed by atoms with van der Waals surface area (Å²) < 4.78 is 1.92. The van der Waals surface area contributed by atoms with Crippen molar-refractivity contribution in [2.45, 2.75) is 40.0 Å². The molecule has 0 saturated heterocycles. The summed E-state index contributed by atoms with van der Waals surface area (Å²) in [6, 6.07) is 4.29. The number of nitrogens with zero attached hydrogens (tertiary/aromatic N) is 4. The van der Waals surface area contributed by atoms with E-state index < -0.39 is 0 Å². The molecule has 3 heterocycles. The molecule has 0 aromatic carbocycles. The summed E-state index contributed by atoms with van der Waals surface area (Å²) in [5.41, 5.74) is 2.22. The van der Waals surface area contributed by atoms with Gasteiger partial charge in [-0.3, -0.25) is 0 Å². The first-order chi connectivity index (χ1) is 10.2. The maximum Gasteiger partial charge on any atom is 0.225 e. The van der Waals surface area contributed by atoms with Crippen LogP contribution in [0.15, 0.2) is 12.1 Å². The van der Waals surface area contributed by atoms with E-state index in [9.17, 15) is 0 Å². The van der Waals surface area contributed by atoms with Crippen LogP contribution in [-0.4, -0.2) is 19.7 Å². The first-order valence-electron chi connectivity index (χ1n) is 7.20. The zero-order chi connectivity index (χ0) is 15.0. The van der Waals surface area contributed by atoms with Crippen molar-refractivity contribution >= 4 is 33.2 Å². The standard InChI is InChI=1S/C15H17ClN4S/c1-4-9-7-10(5-2)20(19-9)13-12-8-11(6-3)21-14(12)18-15(16)17-13/h7-8H,4-6H2,1-3H3. The van der Waals surface area contributed by atoms with Gasteiger partial charge in [-0.1, -0.05) is 20.8 Å². The van der Waals surface area contributed by atoms with Crippen molar-refractivity contribution in [3.8, 4) is 5.82 Å². The van der Waals surface area contributed by atoms with Gasteiger partial charge in [-0.15, -0.1) is 11.3 Å². The van der Waals surface area contributed by atoms with Crippen LogP contribution in [-0.2, 0) is 19.3 Å². The van der Waals surface area contributed by atoms with Crippen LogP contribution in [0.4, 0.5) is 0 Å². The number of hydrogen-bond donors (Lipinski definition) is 0. The fourth-order valence-corrected chi connectivity index (χ4v) is 3.53. The fourth-order valence-electron chi connectivity index (χ4n) is 2.35. The predicted molar refractivity (Wildman–Crippen MR) is 87.7 cm³/mol. The van der Waals surface area contributed by atoms with Crippen LogP contribution in [0.3, 0.4) is 0 Å². The number of rotatable bonds is 4. The Bertz CT molecular complexity index is 790. The van der Waals surface area contributed by atoms with E-state index in [0.29, 0.717) is 0 Å². The molecule has 3 aromatic rings. The van der Waals surface area contributed by atoms with Crippen LogP contribution in [0.25, 0.3) is 16.0 Å². The fraction of sp³-hybridized carbons (Fsp3) is 0.400. The predicted octanol–water partition coefficient (Wildman–Crippen LogP) is 4.22. The summed E-state index contributed by atoms with van der Waals surface area (Å²) in [5.74, 6) is 0.789. The summed E-state index contributed by atoms with van der Waals surface area (Å²) in [5, 5.41) is 5.97. The number of aromatic nitrogens is 4. The van der Waals surface area contributed by atoms with Gasteiger partial charge in [0.25, 0.3) is 0 Å². The van der Waals surface area contributed by atoms with Crippen molar-refractivity contribution in [2.24, 2.45) is 0 Å². The van der Waals surface area contributed by atoms with Crippen molar-refractivity contribution in [2.75, 3.05) is 0 Å². The van der Waals surface area contributed by atoms with E-state index >= 15 is 0 Å². The molecular weight excluding hydrogens is 304 g/mol. The molecule has 4 nitrogen and oxygen atoms in total. The molecule has 0 spiro atoms. The molecule has 21 heavy (non-hydrogen) atoms. The maximum atomic E-state index is 6.11. The quantitative estimate of drug-likeness (QED) is 0.676. The lowest BCUT2D eigenvalue weighted by Gasteiger charge is -2.06. The minimum Gasteiger partial charge on any atom is -0.218 e. The molecule has 110 valence electrons. The monoisotopic (exact) mass is 320 g/mol. The van der Waals surface area contributed by atoms with Crippen molar-refractivity contribution in [1.82, 2.24) is 19.7 Å². The van der Waals surface area contributed by atoms with E-state index in [1.165, 1.54) is 4.88 Å². The highest BCUT2D eigenvalue weighted by Gasteiger charge is 2.16. The van der Waals surface area contributed by atoms with Crippen molar-refractivity contribution in [1.29, 1.82) is 0 Å². The molecule has 6 heteroatoms. The number of halogens is 1. The van der Waals surface area contributed by atoms with E-state index in [4.69, 9.17) is 11.6 Å². The van der Waals surface area contributed by atoms with Gasteiger partial charge in [-0.05, 0) is 43.0 Å². The lowest BCUT2D eigenvalue weighted by molar-refractivity contribution is 0.776. The summed E-state index contributed by atoms with van der Waals surface area (Å²) in [6.45, 7) is 6.37. The van der Waals surface area contributed by atoms with Crippen LogP contribution < -0.4 is 0 Å². The molecule has 0 radical (unpaired) electrons. The SMILES string of the molecule is CCc1cc(CC)n(-c2nc(Cl)nc3sc(CC)cc23)n1. The van der Waals surface area contributed by atoms with Crippen LogP contribution in [0.5, 0.6) is 0 Å². The highest BCUT2D eigenvalue weighted by atomic mass is 35.5. The molecule has 3 rings (SSSR count). The topological polar surface area (TPSA) is 43.6 Å². The van der Waals surface area contributed by atoms with Crippen LogP contribution in [0.2, 0.25) is 5.28 Å². The first kappa shape index (κ1) is 14.5. The minimum atomic E-state index is 0.276. The Morgan fingerprint density at radius 3 is 2.57 bits per heavy atom. The Balaban J connectivity index is 2.28. The van der Waals surface area contributed by atoms with Crippen molar-refractivity contribution in [3.05, 3.63) is 33.7 Å². The molecule has 0 unspecified atom stereocenters. The normalized spacial score (nSPS) is 11.4. The summed E-state index contributed by atoms with van der Waals surface area (Å²) >= 11 is 7.78. The average molecular weight is 321 g/mol. The summed E-state index contributed by atoms with van der Waals surface area (Å²) in [7, 11) is 0. The van der Waals surface area contributed by atoms with E-state index in [1.54, 1.807) is 11.3 Å². The molecular formula is C15H17ClN4S. The lowest BCUT2D eigenvalue weighted by Crippen LogP contribution is -2.05. The van der Waals surface area contributed by atoms with Gasteiger partial charge in [-0.2, -0.15) is 10.1 Å². The Hall–Kier alpha value is -1.46. The minimum absolute atomic E-state index is 0.276. The van der Waals surface area contributed by atoms with E-state index in [1.807, 2.05) is 4.68 Å². The third-order valence-corrected chi connectivity index (χ3v) is 4.85. The molecule has 0 aliphatic heterocycles. The van der Waals surface area contributed by atoms with Crippen LogP contribution >= 0.6 is 22.9 Å². The lowest BCUT2D eigenvalue weighted by atomic mass is 10.2. The molecule has 0 amide bonds. The van der Waals surface area contributed by atoms with E-state index in [-0.39, 0.29) is 5.28 Å². The molecule has 0 saturated carbocycles. The second-order valence-electron chi connectivity index (χ2n) is 4.85. The number of aryl methyl sites for hydroxylation is 3. The molecule has 0 aliphatic carbocycles. The van der Waals surface area contributed by atoms with Crippen LogP contribution in [0.1, 0.15) is 37.0 Å². The van der Waals surface area contributed by atoms with E-state index in [2.05, 4.69) is 48.0 Å². The van der Waals surface area contributed by atoms with Gasteiger partial charge in [0.15, 0.2) is 5.82 Å². The Morgan fingerprint density at radius 1 is 1.10 bits per heavy atom. The van der Waals surface area contributed by atoms with Gasteiger partial charge in [0.1, 0.15) is 4.83 Å². The average Bonchev–Trinajstić information content (AvgIpc) is 3.09. The maximum absolute atomic E-state index is 6.11. The van der Waals surface area contributed by atoms with Gasteiger partial charge in [0.2, 0.25) is 5.28 Å². The third-order valence-electron chi connectivity index (χ3n) is 3.50. The molecule has 0 aliphatic rings. The van der Waals surface area contributed by atoms with Gasteiger partial charge in [-0.25, -0.2) is 9.67 Å². The third kappa shape index (κ3) is 2.56. The van der Waals surface area contributed by atoms with E-state index in [0.717, 1.165) is 46.7 Å². The Labute approximate surface area is 132 Å². The number of hydrogen-bond acceptors (Lipinski definition) is 4. The zero-order valence-corrected chi connectivity index (χ0v) is 13.9. The first-order valence-corrected chi connectivity index (χ1v) is 8.39. The Morgan fingerprint density at radius 2 is 1.90 bits per heavy atom. The second kappa shape index (κ2) is 5.73. The zero-order valence-electron chi connectivity index (χ0n) is 12.4. The summed E-state index contributed by atoms with van der Waals surface area (Å²) in [6.07, 6.45) is 2.80. The molecule has 0 atom stereocenters. The Kier molecular flexibility index (Phi) is 3.95. The highest BCUT2D eigenvalue weighted by molar-refractivity contribution is 7.18. The highest BCUT2D eigenvalue weighted by Crippen LogP contribution is 2.30. The van der Waals surface area contributed by atoms with Gasteiger partial charge >= 0.3 is 0 Å². The molecule has 0 fully saturated rings. The number of thiophene rings is 1. The molecule has 0 bridgehead atoms. The largest absolute Gasteiger partial charge is 0.225 e.